The van der Waals surface area contributed by atoms with E-state index in [4.69, 9.17) is 5.11 Å². The van der Waals surface area contributed by atoms with Gasteiger partial charge in [0.2, 0.25) is 0 Å². The second-order valence-corrected chi connectivity index (χ2v) is 3.30. The molecule has 2 rings (SSSR count). The third-order valence-corrected chi connectivity index (χ3v) is 2.40. The molecule has 2 nitrogen and oxygen atoms in total. The fourth-order valence-corrected chi connectivity index (χ4v) is 1.64. The number of hydrogen-bond acceptors (Lipinski definition) is 1. The number of hydrogen-bond donors (Lipinski definition) is 1. The maximum Gasteiger partial charge on any atom is 0.311 e. The molecule has 12 heavy (non-hydrogen) atoms. The van der Waals surface area contributed by atoms with E-state index in [1.165, 1.54) is 5.56 Å². The maximum absolute atomic E-state index is 10.7. The summed E-state index contributed by atoms with van der Waals surface area (Å²) in [4.78, 5) is 10.7. The first kappa shape index (κ1) is 7.35. The van der Waals surface area contributed by atoms with Crippen LogP contribution in [0.2, 0.25) is 0 Å². The molecule has 0 radical (unpaired) electrons. The van der Waals surface area contributed by atoms with Crippen LogP contribution in [0.15, 0.2) is 18.2 Å². The lowest BCUT2D eigenvalue weighted by Crippen LogP contribution is -2.24. The predicted octanol–water partition coefficient (Wildman–Crippen LogP) is 1.72. The quantitative estimate of drug-likeness (QED) is 0.682. The molecule has 0 aromatic heterocycles. The van der Waals surface area contributed by atoms with Crippen LogP contribution in [0.5, 0.6) is 0 Å². The molecule has 0 fully saturated rings. The van der Waals surface area contributed by atoms with Gasteiger partial charge in [-0.3, -0.25) is 4.79 Å². The monoisotopic (exact) mass is 162 g/mol. The minimum Gasteiger partial charge on any atom is -0.481 e. The molecule has 1 aliphatic rings. The summed E-state index contributed by atoms with van der Waals surface area (Å²) in [5, 5.41) is 8.77. The molecule has 1 atom stereocenters. The minimum atomic E-state index is -0.701. The zero-order valence-electron chi connectivity index (χ0n) is 6.87. The number of rotatable bonds is 1. The van der Waals surface area contributed by atoms with Gasteiger partial charge in [-0.15, -0.1) is 0 Å². The van der Waals surface area contributed by atoms with Crippen molar-refractivity contribution in [2.75, 3.05) is 0 Å². The van der Waals surface area contributed by atoms with Crippen molar-refractivity contribution in [2.24, 2.45) is 0 Å². The molecule has 2 heteroatoms. The number of benzene rings is 1. The molecule has 1 N–H and O–H groups in total. The highest BCUT2D eigenvalue weighted by Crippen LogP contribution is 2.35. The van der Waals surface area contributed by atoms with Gasteiger partial charge in [-0.05, 0) is 24.5 Å². The predicted molar refractivity (Wildman–Crippen MR) is 45.3 cm³/mol. The third kappa shape index (κ3) is 0.916. The van der Waals surface area contributed by atoms with Crippen molar-refractivity contribution in [1.82, 2.24) is 0 Å². The summed E-state index contributed by atoms with van der Waals surface area (Å²) in [5.41, 5.74) is 3.33. The molecule has 0 bridgehead atoms. The average Bonchev–Trinajstić information content (AvgIpc) is 1.95. The summed E-state index contributed by atoms with van der Waals surface area (Å²) in [5.74, 6) is -0.951. The van der Waals surface area contributed by atoms with E-state index < -0.39 is 5.97 Å². The van der Waals surface area contributed by atoms with Gasteiger partial charge in [0.15, 0.2) is 0 Å². The molecule has 0 spiro atoms. The van der Waals surface area contributed by atoms with Crippen LogP contribution < -0.4 is 0 Å². The van der Waals surface area contributed by atoms with Gasteiger partial charge < -0.3 is 5.11 Å². The lowest BCUT2D eigenvalue weighted by atomic mass is 9.77. The van der Waals surface area contributed by atoms with Gasteiger partial charge in [0.25, 0.3) is 0 Å². The van der Waals surface area contributed by atoms with Crippen molar-refractivity contribution in [1.29, 1.82) is 0 Å². The normalized spacial score (nSPS) is 19.6. The second-order valence-electron chi connectivity index (χ2n) is 3.30. The van der Waals surface area contributed by atoms with E-state index in [-0.39, 0.29) is 5.92 Å². The third-order valence-electron chi connectivity index (χ3n) is 2.40. The molecule has 1 aromatic carbocycles. The summed E-state index contributed by atoms with van der Waals surface area (Å²) in [6.07, 6.45) is 0.699. The largest absolute Gasteiger partial charge is 0.481 e. The Labute approximate surface area is 70.8 Å². The fraction of sp³-hybridized carbons (Fsp3) is 0.300. The lowest BCUT2D eigenvalue weighted by molar-refractivity contribution is -0.139. The van der Waals surface area contributed by atoms with Crippen LogP contribution in [0.25, 0.3) is 0 Å². The van der Waals surface area contributed by atoms with E-state index in [0.717, 1.165) is 11.1 Å². The molecular weight excluding hydrogens is 152 g/mol. The SMILES string of the molecule is Cc1ccc2c(c1)[C@H](C(=O)O)C2. The first-order chi connectivity index (χ1) is 5.68. The van der Waals surface area contributed by atoms with Gasteiger partial charge in [-0.25, -0.2) is 0 Å². The van der Waals surface area contributed by atoms with Gasteiger partial charge in [-0.2, -0.15) is 0 Å². The first-order valence-electron chi connectivity index (χ1n) is 4.00. The molecule has 1 aliphatic carbocycles. The summed E-state index contributed by atoms with van der Waals surface area (Å²) >= 11 is 0. The van der Waals surface area contributed by atoms with E-state index in [9.17, 15) is 4.79 Å². The van der Waals surface area contributed by atoms with E-state index in [2.05, 4.69) is 0 Å². The number of carboxylic acids is 1. The van der Waals surface area contributed by atoms with Crippen LogP contribution in [-0.4, -0.2) is 11.1 Å². The van der Waals surface area contributed by atoms with Crippen LogP contribution in [0, 0.1) is 6.92 Å². The Kier molecular flexibility index (Phi) is 1.43. The number of aryl methyl sites for hydroxylation is 1. The van der Waals surface area contributed by atoms with Gasteiger partial charge in [0.1, 0.15) is 0 Å². The van der Waals surface area contributed by atoms with E-state index in [0.29, 0.717) is 6.42 Å². The zero-order valence-corrected chi connectivity index (χ0v) is 6.87. The highest BCUT2D eigenvalue weighted by molar-refractivity contribution is 5.80. The van der Waals surface area contributed by atoms with Crippen LogP contribution in [-0.2, 0) is 11.2 Å². The number of carboxylic acid groups (broad SMARTS) is 1. The Bertz CT molecular complexity index is 342. The number of carbonyl (C=O) groups is 1. The Hall–Kier alpha value is -1.31. The van der Waals surface area contributed by atoms with E-state index in [1.54, 1.807) is 0 Å². The Morgan fingerprint density at radius 3 is 3.00 bits per heavy atom. The van der Waals surface area contributed by atoms with Crippen LogP contribution in [0.3, 0.4) is 0 Å². The molecule has 0 heterocycles. The molecular formula is C10H10O2. The average molecular weight is 162 g/mol. The van der Waals surface area contributed by atoms with Gasteiger partial charge >= 0.3 is 5.97 Å². The van der Waals surface area contributed by atoms with Crippen molar-refractivity contribution in [2.45, 2.75) is 19.3 Å². The Morgan fingerprint density at radius 2 is 2.33 bits per heavy atom. The highest BCUT2D eigenvalue weighted by atomic mass is 16.4. The van der Waals surface area contributed by atoms with Crippen LogP contribution >= 0.6 is 0 Å². The summed E-state index contributed by atoms with van der Waals surface area (Å²) < 4.78 is 0. The summed E-state index contributed by atoms with van der Waals surface area (Å²) in [6, 6.07) is 6.01. The van der Waals surface area contributed by atoms with Crippen molar-refractivity contribution < 1.29 is 9.90 Å². The van der Waals surface area contributed by atoms with E-state index >= 15 is 0 Å². The first-order valence-corrected chi connectivity index (χ1v) is 4.00. The van der Waals surface area contributed by atoms with Crippen molar-refractivity contribution in [3.05, 3.63) is 34.9 Å². The number of fused-ring (bicyclic) bond motifs is 1. The van der Waals surface area contributed by atoms with Crippen molar-refractivity contribution in [3.63, 3.8) is 0 Å². The lowest BCUT2D eigenvalue weighted by Gasteiger charge is -2.26. The standard InChI is InChI=1S/C10H10O2/c1-6-2-3-7-5-9(10(11)12)8(7)4-6/h2-4,9H,5H2,1H3,(H,11,12)/t9-/m1/s1. The minimum absolute atomic E-state index is 0.250. The van der Waals surface area contributed by atoms with E-state index in [1.807, 2.05) is 25.1 Å². The Morgan fingerprint density at radius 1 is 1.58 bits per heavy atom. The highest BCUT2D eigenvalue weighted by Gasteiger charge is 2.31. The zero-order chi connectivity index (χ0) is 8.72. The maximum atomic E-state index is 10.7. The molecule has 0 saturated heterocycles. The molecule has 62 valence electrons. The second kappa shape index (κ2) is 2.34. The van der Waals surface area contributed by atoms with Crippen LogP contribution in [0.1, 0.15) is 22.6 Å². The topological polar surface area (TPSA) is 37.3 Å². The fourth-order valence-electron chi connectivity index (χ4n) is 1.64. The van der Waals surface area contributed by atoms with Crippen molar-refractivity contribution in [3.8, 4) is 0 Å². The smallest absolute Gasteiger partial charge is 0.311 e. The van der Waals surface area contributed by atoms with Crippen LogP contribution in [0.4, 0.5) is 0 Å². The summed E-state index contributed by atoms with van der Waals surface area (Å²) in [7, 11) is 0. The molecule has 0 amide bonds. The Balaban J connectivity index is 2.39. The molecule has 0 saturated carbocycles. The summed E-state index contributed by atoms with van der Waals surface area (Å²) in [6.45, 7) is 1.98. The van der Waals surface area contributed by atoms with Gasteiger partial charge in [-0.1, -0.05) is 23.8 Å². The molecule has 1 aromatic rings. The molecule has 0 aliphatic heterocycles. The molecule has 0 unspecified atom stereocenters. The van der Waals surface area contributed by atoms with Crippen molar-refractivity contribution >= 4 is 5.97 Å². The van der Waals surface area contributed by atoms with Gasteiger partial charge in [0.05, 0.1) is 5.92 Å². The number of aliphatic carboxylic acids is 1. The van der Waals surface area contributed by atoms with Gasteiger partial charge in [0, 0.05) is 0 Å².